The van der Waals surface area contributed by atoms with Crippen molar-refractivity contribution >= 4 is 18.0 Å². The molecule has 0 aromatic heterocycles. The number of hydrogen-bond donors (Lipinski definition) is 5. The lowest BCUT2D eigenvalue weighted by Crippen LogP contribution is -2.61. The number of aliphatic hydroxyl groups excluding tert-OH is 3. The van der Waals surface area contributed by atoms with Gasteiger partial charge in [0.05, 0.1) is 7.11 Å². The molecule has 0 saturated carbocycles. The first kappa shape index (κ1) is 19.7. The molecule has 1 aliphatic rings. The predicted molar refractivity (Wildman–Crippen MR) is 84.6 cm³/mol. The van der Waals surface area contributed by atoms with Crippen LogP contribution in [-0.2, 0) is 14.3 Å². The van der Waals surface area contributed by atoms with Gasteiger partial charge in [0.25, 0.3) is 0 Å². The number of ether oxygens (including phenoxy) is 3. The molecule has 1 aromatic carbocycles. The maximum atomic E-state index is 11.1. The van der Waals surface area contributed by atoms with Crippen LogP contribution in [0.25, 0.3) is 6.08 Å². The van der Waals surface area contributed by atoms with Crippen molar-refractivity contribution < 1.29 is 49.3 Å². The van der Waals surface area contributed by atoms with Crippen LogP contribution in [-0.4, -0.2) is 75.3 Å². The van der Waals surface area contributed by atoms with Gasteiger partial charge in [-0.05, 0) is 23.8 Å². The summed E-state index contributed by atoms with van der Waals surface area (Å²) < 4.78 is 15.5. The number of aliphatic carboxylic acids is 2. The van der Waals surface area contributed by atoms with Gasteiger partial charge in [0.2, 0.25) is 6.29 Å². The van der Waals surface area contributed by atoms with E-state index in [1.165, 1.54) is 31.4 Å². The second kappa shape index (κ2) is 8.15. The van der Waals surface area contributed by atoms with E-state index >= 15 is 0 Å². The number of methoxy groups -OCH3 is 1. The summed E-state index contributed by atoms with van der Waals surface area (Å²) in [7, 11) is 1.32. The SMILES string of the molecule is COc1cc(C=CC(=O)O)ccc1OC1O[C@H](C(=O)O)[C@@H](O)[C@H](O)[C@H]1O. The Kier molecular flexibility index (Phi) is 6.16. The van der Waals surface area contributed by atoms with E-state index in [1.54, 1.807) is 0 Å². The molecule has 0 bridgehead atoms. The Hall–Kier alpha value is -2.66. The number of carboxylic acid groups (broad SMARTS) is 2. The summed E-state index contributed by atoms with van der Waals surface area (Å²) in [5, 5.41) is 47.1. The fraction of sp³-hybridized carbons (Fsp3) is 0.375. The Labute approximate surface area is 147 Å². The average Bonchev–Trinajstić information content (AvgIpc) is 2.60. The molecule has 1 unspecified atom stereocenters. The largest absolute Gasteiger partial charge is 0.493 e. The molecule has 2 rings (SSSR count). The van der Waals surface area contributed by atoms with Crippen molar-refractivity contribution in [2.75, 3.05) is 7.11 Å². The molecular weight excluding hydrogens is 352 g/mol. The predicted octanol–water partition coefficient (Wildman–Crippen LogP) is -0.936. The van der Waals surface area contributed by atoms with Crippen LogP contribution in [0.4, 0.5) is 0 Å². The molecule has 5 atom stereocenters. The first-order chi connectivity index (χ1) is 12.2. The first-order valence-corrected chi connectivity index (χ1v) is 7.42. The Morgan fingerprint density at radius 2 is 1.77 bits per heavy atom. The highest BCUT2D eigenvalue weighted by molar-refractivity contribution is 5.85. The number of benzene rings is 1. The summed E-state index contributed by atoms with van der Waals surface area (Å²) in [5.74, 6) is -2.45. The molecule has 0 radical (unpaired) electrons. The third kappa shape index (κ3) is 4.29. The fourth-order valence-corrected chi connectivity index (χ4v) is 2.33. The van der Waals surface area contributed by atoms with E-state index in [4.69, 9.17) is 24.4 Å². The van der Waals surface area contributed by atoms with Crippen molar-refractivity contribution in [1.29, 1.82) is 0 Å². The van der Waals surface area contributed by atoms with Gasteiger partial charge in [-0.2, -0.15) is 0 Å². The van der Waals surface area contributed by atoms with Crippen molar-refractivity contribution in [3.63, 3.8) is 0 Å². The standard InChI is InChI=1S/C16H18O10/c1-24-9-6-7(3-5-10(17)18)2-4-8(9)25-16-13(21)11(19)12(20)14(26-16)15(22)23/h2-6,11-14,16,19-21H,1H3,(H,17,18)(H,22,23)/t11-,12-,13+,14-,16?/m0/s1. The van der Waals surface area contributed by atoms with Gasteiger partial charge < -0.3 is 39.7 Å². The molecule has 1 fully saturated rings. The minimum Gasteiger partial charge on any atom is -0.493 e. The van der Waals surface area contributed by atoms with E-state index in [9.17, 15) is 24.9 Å². The Morgan fingerprint density at radius 3 is 2.35 bits per heavy atom. The second-order valence-corrected chi connectivity index (χ2v) is 5.43. The molecule has 10 nitrogen and oxygen atoms in total. The molecule has 1 saturated heterocycles. The maximum absolute atomic E-state index is 11.1. The summed E-state index contributed by atoms with van der Waals surface area (Å²) in [6.07, 6.45) is -6.45. The summed E-state index contributed by atoms with van der Waals surface area (Å²) in [6.45, 7) is 0. The van der Waals surface area contributed by atoms with E-state index in [2.05, 4.69) is 0 Å². The van der Waals surface area contributed by atoms with Gasteiger partial charge in [-0.3, -0.25) is 0 Å². The zero-order valence-electron chi connectivity index (χ0n) is 13.6. The molecule has 0 amide bonds. The minimum absolute atomic E-state index is 0.0525. The van der Waals surface area contributed by atoms with Gasteiger partial charge in [0.1, 0.15) is 18.3 Å². The number of hydrogen-bond acceptors (Lipinski definition) is 8. The van der Waals surface area contributed by atoms with E-state index in [-0.39, 0.29) is 11.5 Å². The number of aliphatic hydroxyl groups is 3. The summed E-state index contributed by atoms with van der Waals surface area (Å²) in [5.41, 5.74) is 0.487. The first-order valence-electron chi connectivity index (χ1n) is 7.42. The Morgan fingerprint density at radius 1 is 1.08 bits per heavy atom. The average molecular weight is 370 g/mol. The monoisotopic (exact) mass is 370 g/mol. The van der Waals surface area contributed by atoms with Gasteiger partial charge in [-0.25, -0.2) is 9.59 Å². The number of rotatable bonds is 6. The van der Waals surface area contributed by atoms with E-state index in [1.807, 2.05) is 0 Å². The highest BCUT2D eigenvalue weighted by Gasteiger charge is 2.48. The van der Waals surface area contributed by atoms with Crippen LogP contribution in [0, 0.1) is 0 Å². The van der Waals surface area contributed by atoms with Crippen LogP contribution in [0.1, 0.15) is 5.56 Å². The van der Waals surface area contributed by atoms with Crippen LogP contribution in [0.3, 0.4) is 0 Å². The fourth-order valence-electron chi connectivity index (χ4n) is 2.33. The number of carboxylic acids is 2. The second-order valence-electron chi connectivity index (χ2n) is 5.43. The third-order valence-corrected chi connectivity index (χ3v) is 3.66. The van der Waals surface area contributed by atoms with Crippen LogP contribution in [0.2, 0.25) is 0 Å². The Balaban J connectivity index is 2.23. The van der Waals surface area contributed by atoms with E-state index in [0.29, 0.717) is 5.56 Å². The van der Waals surface area contributed by atoms with Crippen molar-refractivity contribution in [2.45, 2.75) is 30.7 Å². The Bertz CT molecular complexity index is 700. The van der Waals surface area contributed by atoms with Gasteiger partial charge in [0.15, 0.2) is 17.6 Å². The van der Waals surface area contributed by atoms with E-state index in [0.717, 1.165) is 6.08 Å². The quantitative estimate of drug-likeness (QED) is 0.395. The molecular formula is C16H18O10. The van der Waals surface area contributed by atoms with Gasteiger partial charge in [-0.1, -0.05) is 6.07 Å². The number of carbonyl (C=O) groups is 2. The van der Waals surface area contributed by atoms with Crippen molar-refractivity contribution in [1.82, 2.24) is 0 Å². The molecule has 1 heterocycles. The zero-order valence-corrected chi connectivity index (χ0v) is 13.6. The minimum atomic E-state index is -1.83. The topological polar surface area (TPSA) is 163 Å². The normalized spacial score (nSPS) is 28.7. The molecule has 1 aromatic rings. The van der Waals surface area contributed by atoms with Gasteiger partial charge >= 0.3 is 11.9 Å². The van der Waals surface area contributed by atoms with Crippen molar-refractivity contribution in [3.05, 3.63) is 29.8 Å². The zero-order chi connectivity index (χ0) is 19.4. The summed E-state index contributed by atoms with van der Waals surface area (Å²) >= 11 is 0. The van der Waals surface area contributed by atoms with Crippen molar-refractivity contribution in [3.8, 4) is 11.5 Å². The lowest BCUT2D eigenvalue weighted by molar-refractivity contribution is -0.271. The lowest BCUT2D eigenvalue weighted by atomic mass is 9.99. The summed E-state index contributed by atoms with van der Waals surface area (Å²) in [4.78, 5) is 21.7. The van der Waals surface area contributed by atoms with Crippen LogP contribution < -0.4 is 9.47 Å². The van der Waals surface area contributed by atoms with Gasteiger partial charge in [0, 0.05) is 6.08 Å². The molecule has 1 aliphatic heterocycles. The molecule has 10 heteroatoms. The maximum Gasteiger partial charge on any atom is 0.335 e. The van der Waals surface area contributed by atoms with Crippen LogP contribution in [0.15, 0.2) is 24.3 Å². The molecule has 5 N–H and O–H groups in total. The van der Waals surface area contributed by atoms with E-state index < -0.39 is 42.6 Å². The van der Waals surface area contributed by atoms with Crippen LogP contribution >= 0.6 is 0 Å². The highest BCUT2D eigenvalue weighted by atomic mass is 16.7. The van der Waals surface area contributed by atoms with Gasteiger partial charge in [-0.15, -0.1) is 0 Å². The summed E-state index contributed by atoms with van der Waals surface area (Å²) in [6, 6.07) is 4.33. The molecule has 142 valence electrons. The molecule has 0 aliphatic carbocycles. The molecule has 0 spiro atoms. The smallest absolute Gasteiger partial charge is 0.335 e. The third-order valence-electron chi connectivity index (χ3n) is 3.66. The molecule has 26 heavy (non-hydrogen) atoms. The highest BCUT2D eigenvalue weighted by Crippen LogP contribution is 2.32. The lowest BCUT2D eigenvalue weighted by Gasteiger charge is -2.38. The van der Waals surface area contributed by atoms with Crippen LogP contribution in [0.5, 0.6) is 11.5 Å². The van der Waals surface area contributed by atoms with Crippen molar-refractivity contribution in [2.24, 2.45) is 0 Å².